The van der Waals surface area contributed by atoms with Crippen LogP contribution in [-0.4, -0.2) is 22.8 Å². The van der Waals surface area contributed by atoms with Crippen LogP contribution in [0.3, 0.4) is 0 Å². The highest BCUT2D eigenvalue weighted by Gasteiger charge is 2.28. The summed E-state index contributed by atoms with van der Waals surface area (Å²) in [6, 6.07) is 4.36. The average Bonchev–Trinajstić information content (AvgIpc) is 3.00. The van der Waals surface area contributed by atoms with Crippen molar-refractivity contribution in [2.45, 2.75) is 26.2 Å². The molecule has 0 bridgehead atoms. The van der Waals surface area contributed by atoms with Gasteiger partial charge in [0.1, 0.15) is 5.56 Å². The van der Waals surface area contributed by atoms with Crippen LogP contribution in [0.25, 0.3) is 0 Å². The highest BCUT2D eigenvalue weighted by molar-refractivity contribution is 6.30. The molecule has 1 aromatic heterocycles. The minimum absolute atomic E-state index is 0.0646. The van der Waals surface area contributed by atoms with Gasteiger partial charge in [0, 0.05) is 0 Å². The molecule has 0 aliphatic heterocycles. The van der Waals surface area contributed by atoms with Crippen LogP contribution in [0.2, 0.25) is 5.02 Å². The number of fused-ring (bicyclic) bond motifs is 1. The zero-order valence-corrected chi connectivity index (χ0v) is 13.2. The number of carbonyl (C=O) groups is 1. The molecule has 1 aliphatic rings. The molecule has 0 radical (unpaired) electrons. The average molecular weight is 337 g/mol. The van der Waals surface area contributed by atoms with Crippen molar-refractivity contribution in [3.05, 3.63) is 45.9 Å². The van der Waals surface area contributed by atoms with E-state index in [4.69, 9.17) is 21.1 Å². The van der Waals surface area contributed by atoms with Gasteiger partial charge in [0.15, 0.2) is 11.6 Å². The number of esters is 1. The van der Waals surface area contributed by atoms with Gasteiger partial charge in [-0.3, -0.25) is 0 Å². The van der Waals surface area contributed by atoms with Crippen molar-refractivity contribution in [2.75, 3.05) is 6.61 Å². The van der Waals surface area contributed by atoms with Crippen LogP contribution < -0.4 is 4.74 Å². The first kappa shape index (κ1) is 15.7. The van der Waals surface area contributed by atoms with E-state index in [0.717, 1.165) is 24.1 Å². The third kappa shape index (κ3) is 2.99. The molecule has 1 aromatic carbocycles. The Morgan fingerprint density at radius 2 is 2.17 bits per heavy atom. The molecule has 0 amide bonds. The summed E-state index contributed by atoms with van der Waals surface area (Å²) in [4.78, 5) is 12.3. The molecule has 0 N–H and O–H groups in total. The number of aromatic nitrogens is 2. The summed E-state index contributed by atoms with van der Waals surface area (Å²) >= 11 is 5.74. The molecule has 3 rings (SSSR count). The van der Waals surface area contributed by atoms with E-state index in [1.54, 1.807) is 13.0 Å². The molecule has 5 nitrogen and oxygen atoms in total. The number of hydrogen-bond donors (Lipinski definition) is 0. The summed E-state index contributed by atoms with van der Waals surface area (Å²) in [6.45, 7) is 1.94. The van der Waals surface area contributed by atoms with Crippen LogP contribution in [0.5, 0.6) is 11.6 Å². The minimum atomic E-state index is -0.716. The van der Waals surface area contributed by atoms with Gasteiger partial charge in [0.05, 0.1) is 17.3 Å². The number of carbonyl (C=O) groups excluding carboxylic acids is 1. The maximum Gasteiger partial charge on any atom is 0.344 e. The minimum Gasteiger partial charge on any atom is -0.462 e. The lowest BCUT2D eigenvalue weighted by atomic mass is 10.1. The molecule has 0 saturated heterocycles. The Kier molecular flexibility index (Phi) is 4.43. The lowest BCUT2D eigenvalue weighted by Crippen LogP contribution is -2.13. The Balaban J connectivity index is 2.05. The number of benzene rings is 1. The lowest BCUT2D eigenvalue weighted by molar-refractivity contribution is 0.0521. The Bertz CT molecular complexity index is 767. The predicted molar refractivity (Wildman–Crippen MR) is 81.5 cm³/mol. The van der Waals surface area contributed by atoms with Gasteiger partial charge in [-0.05, 0) is 43.9 Å². The number of rotatable bonds is 4. The van der Waals surface area contributed by atoms with Crippen molar-refractivity contribution >= 4 is 17.6 Å². The van der Waals surface area contributed by atoms with E-state index in [0.29, 0.717) is 6.42 Å². The van der Waals surface area contributed by atoms with E-state index in [-0.39, 0.29) is 28.8 Å². The lowest BCUT2D eigenvalue weighted by Gasteiger charge is -2.13. The first-order valence-corrected chi connectivity index (χ1v) is 7.67. The SMILES string of the molecule is CCOC(=O)c1c(Oc2cccc(Cl)c2F)nnc2c1CCC2. The molecule has 0 unspecified atom stereocenters. The quantitative estimate of drug-likeness (QED) is 0.796. The van der Waals surface area contributed by atoms with Crippen LogP contribution >= 0.6 is 11.6 Å². The smallest absolute Gasteiger partial charge is 0.344 e. The van der Waals surface area contributed by atoms with E-state index in [1.807, 2.05) is 0 Å². The molecular weight excluding hydrogens is 323 g/mol. The second kappa shape index (κ2) is 6.50. The molecule has 0 fully saturated rings. The second-order valence-electron chi connectivity index (χ2n) is 5.03. The number of ether oxygens (including phenoxy) is 2. The van der Waals surface area contributed by atoms with Gasteiger partial charge >= 0.3 is 5.97 Å². The van der Waals surface area contributed by atoms with Gasteiger partial charge in [-0.25, -0.2) is 9.18 Å². The predicted octanol–water partition coefficient (Wildman–Crippen LogP) is 3.73. The van der Waals surface area contributed by atoms with Crippen molar-refractivity contribution in [3.63, 3.8) is 0 Å². The number of halogens is 2. The fraction of sp³-hybridized carbons (Fsp3) is 0.312. The van der Waals surface area contributed by atoms with Crippen LogP contribution in [0.15, 0.2) is 18.2 Å². The highest BCUT2D eigenvalue weighted by atomic mass is 35.5. The van der Waals surface area contributed by atoms with Gasteiger partial charge in [-0.1, -0.05) is 17.7 Å². The molecule has 0 saturated carbocycles. The Hall–Kier alpha value is -2.21. The largest absolute Gasteiger partial charge is 0.462 e. The zero-order valence-electron chi connectivity index (χ0n) is 12.4. The van der Waals surface area contributed by atoms with Crippen LogP contribution in [-0.2, 0) is 17.6 Å². The molecule has 23 heavy (non-hydrogen) atoms. The normalized spacial score (nSPS) is 12.8. The number of hydrogen-bond acceptors (Lipinski definition) is 5. The van der Waals surface area contributed by atoms with Crippen molar-refractivity contribution < 1.29 is 18.7 Å². The van der Waals surface area contributed by atoms with Gasteiger partial charge in [0.25, 0.3) is 5.88 Å². The molecular formula is C16H14ClFN2O3. The summed E-state index contributed by atoms with van der Waals surface area (Å²) < 4.78 is 24.6. The summed E-state index contributed by atoms with van der Waals surface area (Å²) in [5, 5.41) is 7.93. The summed E-state index contributed by atoms with van der Waals surface area (Å²) in [5.74, 6) is -1.44. The maximum atomic E-state index is 14.0. The van der Waals surface area contributed by atoms with Crippen molar-refractivity contribution in [1.29, 1.82) is 0 Å². The number of nitrogens with zero attached hydrogens (tertiary/aromatic N) is 2. The first-order chi connectivity index (χ1) is 11.1. The molecule has 1 heterocycles. The van der Waals surface area contributed by atoms with Crippen molar-refractivity contribution in [2.24, 2.45) is 0 Å². The standard InChI is InChI=1S/C16H14ClFN2O3/c1-2-22-16(21)13-9-5-3-7-11(9)19-20-15(13)23-12-8-4-6-10(17)14(12)18/h4,6,8H,2-3,5,7H2,1H3. The Morgan fingerprint density at radius 1 is 1.35 bits per heavy atom. The van der Waals surface area contributed by atoms with Gasteiger partial charge in [-0.2, -0.15) is 5.10 Å². The van der Waals surface area contributed by atoms with Gasteiger partial charge in [0.2, 0.25) is 0 Å². The van der Waals surface area contributed by atoms with E-state index < -0.39 is 11.8 Å². The van der Waals surface area contributed by atoms with Gasteiger partial charge in [-0.15, -0.1) is 5.10 Å². The van der Waals surface area contributed by atoms with Crippen molar-refractivity contribution in [1.82, 2.24) is 10.2 Å². The zero-order chi connectivity index (χ0) is 16.4. The van der Waals surface area contributed by atoms with E-state index in [1.165, 1.54) is 12.1 Å². The summed E-state index contributed by atoms with van der Waals surface area (Å²) in [6.07, 6.45) is 2.32. The summed E-state index contributed by atoms with van der Waals surface area (Å²) in [7, 11) is 0. The highest BCUT2D eigenvalue weighted by Crippen LogP contribution is 2.33. The van der Waals surface area contributed by atoms with E-state index in [2.05, 4.69) is 10.2 Å². The molecule has 1 aliphatic carbocycles. The molecule has 2 aromatic rings. The number of aryl methyl sites for hydroxylation is 1. The molecule has 0 atom stereocenters. The van der Waals surface area contributed by atoms with Crippen LogP contribution in [0, 0.1) is 5.82 Å². The second-order valence-corrected chi connectivity index (χ2v) is 5.44. The maximum absolute atomic E-state index is 14.0. The van der Waals surface area contributed by atoms with Crippen molar-refractivity contribution in [3.8, 4) is 11.6 Å². The van der Waals surface area contributed by atoms with Crippen LogP contribution in [0.1, 0.15) is 35.0 Å². The molecule has 0 spiro atoms. The molecule has 120 valence electrons. The molecule has 7 heteroatoms. The van der Waals surface area contributed by atoms with E-state index in [9.17, 15) is 9.18 Å². The fourth-order valence-corrected chi connectivity index (χ4v) is 2.71. The third-order valence-electron chi connectivity index (χ3n) is 3.57. The first-order valence-electron chi connectivity index (χ1n) is 7.29. The van der Waals surface area contributed by atoms with Crippen LogP contribution in [0.4, 0.5) is 4.39 Å². The van der Waals surface area contributed by atoms with E-state index >= 15 is 0 Å². The van der Waals surface area contributed by atoms with Gasteiger partial charge < -0.3 is 9.47 Å². The fourth-order valence-electron chi connectivity index (χ4n) is 2.54. The Morgan fingerprint density at radius 3 is 2.96 bits per heavy atom. The summed E-state index contributed by atoms with van der Waals surface area (Å²) in [5.41, 5.74) is 1.73. The third-order valence-corrected chi connectivity index (χ3v) is 3.86. The monoisotopic (exact) mass is 336 g/mol. The topological polar surface area (TPSA) is 61.3 Å². The Labute approximate surface area is 137 Å².